The first kappa shape index (κ1) is 25.1. The van der Waals surface area contributed by atoms with Crippen LogP contribution >= 0.6 is 11.3 Å². The Hall–Kier alpha value is -4.57. The normalized spacial score (nSPS) is 15.3. The van der Waals surface area contributed by atoms with Gasteiger partial charge >= 0.3 is 0 Å². The molecule has 0 amide bonds. The van der Waals surface area contributed by atoms with Gasteiger partial charge in [0, 0.05) is 43.2 Å². The second kappa shape index (κ2) is 9.71. The highest BCUT2D eigenvalue weighted by Crippen LogP contribution is 2.32. The first-order valence-electron chi connectivity index (χ1n) is 11.8. The van der Waals surface area contributed by atoms with Gasteiger partial charge in [-0.25, -0.2) is 4.99 Å². The van der Waals surface area contributed by atoms with Crippen molar-refractivity contribution in [2.75, 3.05) is 19.0 Å². The van der Waals surface area contributed by atoms with Gasteiger partial charge in [-0.05, 0) is 49.7 Å². The number of carbonyl (C=O) groups is 1. The molecule has 0 N–H and O–H groups in total. The zero-order chi connectivity index (χ0) is 27.1. The van der Waals surface area contributed by atoms with Crippen molar-refractivity contribution >= 4 is 34.6 Å². The molecule has 0 saturated heterocycles. The molecule has 5 rings (SSSR count). The van der Waals surface area contributed by atoms with Crippen LogP contribution in [0.2, 0.25) is 0 Å². The van der Waals surface area contributed by atoms with Crippen LogP contribution in [0.15, 0.2) is 86.1 Å². The molecule has 38 heavy (non-hydrogen) atoms. The van der Waals surface area contributed by atoms with E-state index < -0.39 is 11.0 Å². The second-order valence-electron chi connectivity index (χ2n) is 9.10. The van der Waals surface area contributed by atoms with E-state index in [2.05, 4.69) is 4.99 Å². The van der Waals surface area contributed by atoms with Gasteiger partial charge < -0.3 is 9.32 Å². The maximum atomic E-state index is 13.7. The van der Waals surface area contributed by atoms with E-state index in [0.29, 0.717) is 37.7 Å². The number of hydrogen-bond acceptors (Lipinski definition) is 8. The maximum Gasteiger partial charge on any atom is 0.280 e. The summed E-state index contributed by atoms with van der Waals surface area (Å²) in [5, 5.41) is 11.4. The number of nitrogens with zero attached hydrogens (tertiary/aromatic N) is 4. The summed E-state index contributed by atoms with van der Waals surface area (Å²) >= 11 is 1.20. The van der Waals surface area contributed by atoms with E-state index >= 15 is 0 Å². The number of aromatic nitrogens is 1. The number of Topliss-reactive ketones (excluding diaryl/α,β-unsaturated/α-hetero) is 1. The van der Waals surface area contributed by atoms with Crippen LogP contribution in [0.3, 0.4) is 0 Å². The van der Waals surface area contributed by atoms with Gasteiger partial charge in [0.2, 0.25) is 0 Å². The largest absolute Gasteiger partial charge is 0.456 e. The lowest BCUT2D eigenvalue weighted by molar-refractivity contribution is -0.384. The molecule has 0 unspecified atom stereocenters. The minimum atomic E-state index is -0.610. The molecule has 2 aromatic heterocycles. The number of rotatable bonds is 6. The lowest BCUT2D eigenvalue weighted by Crippen LogP contribution is -2.39. The van der Waals surface area contributed by atoms with Crippen molar-refractivity contribution in [2.24, 2.45) is 4.99 Å². The average molecular weight is 529 g/mol. The molecule has 0 spiro atoms. The van der Waals surface area contributed by atoms with Gasteiger partial charge in [-0.2, -0.15) is 0 Å². The lowest BCUT2D eigenvalue weighted by Gasteiger charge is -2.25. The van der Waals surface area contributed by atoms with E-state index in [4.69, 9.17) is 4.42 Å². The Bertz CT molecular complexity index is 1790. The number of hydrogen-bond donors (Lipinski definition) is 0. The predicted molar refractivity (Wildman–Crippen MR) is 146 cm³/mol. The first-order chi connectivity index (χ1) is 18.2. The first-order valence-corrected chi connectivity index (χ1v) is 12.6. The number of benzene rings is 2. The fourth-order valence-electron chi connectivity index (χ4n) is 4.59. The molecule has 192 valence electrons. The van der Waals surface area contributed by atoms with Crippen molar-refractivity contribution in [2.45, 2.75) is 19.9 Å². The Morgan fingerprint density at radius 1 is 1.13 bits per heavy atom. The van der Waals surface area contributed by atoms with Gasteiger partial charge in [-0.1, -0.05) is 35.6 Å². The summed E-state index contributed by atoms with van der Waals surface area (Å²) < 4.78 is 7.80. The Balaban J connectivity index is 1.63. The molecule has 1 atom stereocenters. The van der Waals surface area contributed by atoms with Crippen LogP contribution in [0, 0.1) is 10.1 Å². The van der Waals surface area contributed by atoms with E-state index in [1.165, 1.54) is 24.3 Å². The maximum absolute atomic E-state index is 13.7. The SMILES string of the molecule is CC(=O)C1=C(C)N=c2s/c(=C/c3ccc(-c4ccccc4[N+](=O)[O-])o3)c(=O)n2[C@@H]1c1ccc(N(C)C)cc1. The van der Waals surface area contributed by atoms with Gasteiger partial charge in [0.15, 0.2) is 10.6 Å². The van der Waals surface area contributed by atoms with E-state index in [-0.39, 0.29) is 17.0 Å². The van der Waals surface area contributed by atoms with Crippen LogP contribution in [-0.2, 0) is 4.79 Å². The lowest BCUT2D eigenvalue weighted by atomic mass is 9.93. The number of allylic oxidation sites excluding steroid dienone is 2. The number of nitro benzene ring substituents is 1. The highest BCUT2D eigenvalue weighted by atomic mass is 32.1. The number of ketones is 1. The number of anilines is 1. The topological polar surface area (TPSA) is 111 Å². The van der Waals surface area contributed by atoms with Crippen LogP contribution in [0.4, 0.5) is 11.4 Å². The third-order valence-corrected chi connectivity index (χ3v) is 7.38. The molecule has 2 aromatic carbocycles. The summed E-state index contributed by atoms with van der Waals surface area (Å²) in [5.41, 5.74) is 2.83. The summed E-state index contributed by atoms with van der Waals surface area (Å²) in [5.74, 6) is 0.546. The molecule has 10 heteroatoms. The van der Waals surface area contributed by atoms with Gasteiger partial charge in [0.1, 0.15) is 11.5 Å². The number of fused-ring (bicyclic) bond motifs is 1. The van der Waals surface area contributed by atoms with Gasteiger partial charge in [-0.15, -0.1) is 0 Å². The molecule has 0 radical (unpaired) electrons. The van der Waals surface area contributed by atoms with E-state index in [0.717, 1.165) is 11.3 Å². The van der Waals surface area contributed by atoms with Crippen LogP contribution in [0.5, 0.6) is 0 Å². The number of carbonyl (C=O) groups excluding carboxylic acids is 1. The van der Waals surface area contributed by atoms with Crippen LogP contribution in [-0.4, -0.2) is 29.4 Å². The van der Waals surface area contributed by atoms with Gasteiger partial charge in [0.05, 0.1) is 21.1 Å². The Labute approximate surface area is 221 Å². The Morgan fingerprint density at radius 3 is 2.50 bits per heavy atom. The molecule has 1 aliphatic rings. The smallest absolute Gasteiger partial charge is 0.280 e. The minimum absolute atomic E-state index is 0.0692. The summed E-state index contributed by atoms with van der Waals surface area (Å²) in [6.07, 6.45) is 1.60. The highest BCUT2D eigenvalue weighted by molar-refractivity contribution is 7.07. The van der Waals surface area contributed by atoms with Crippen molar-refractivity contribution < 1.29 is 14.1 Å². The zero-order valence-corrected chi connectivity index (χ0v) is 22.0. The van der Waals surface area contributed by atoms with Crippen LogP contribution in [0.1, 0.15) is 31.2 Å². The monoisotopic (exact) mass is 528 g/mol. The third-order valence-electron chi connectivity index (χ3n) is 6.39. The Kier molecular flexibility index (Phi) is 6.41. The summed E-state index contributed by atoms with van der Waals surface area (Å²) in [6, 6.07) is 16.7. The molecular weight excluding hydrogens is 504 g/mol. The van der Waals surface area contributed by atoms with E-state index in [1.807, 2.05) is 43.3 Å². The second-order valence-corrected chi connectivity index (χ2v) is 10.1. The van der Waals surface area contributed by atoms with Crippen LogP contribution in [0.25, 0.3) is 17.4 Å². The molecule has 9 nitrogen and oxygen atoms in total. The average Bonchev–Trinajstić information content (AvgIpc) is 3.47. The standard InChI is InChI=1S/C28H24N4O5S/c1-16-25(17(2)33)26(18-9-11-19(12-10-18)30(3)4)31-27(34)24(38-28(31)29-16)15-20-13-14-23(37-20)21-7-5-6-8-22(21)32(35)36/h5-15,26H,1-4H3/b24-15+/t26-/m1/s1. The van der Waals surface area contributed by atoms with Crippen molar-refractivity contribution in [1.82, 2.24) is 4.57 Å². The minimum Gasteiger partial charge on any atom is -0.456 e. The van der Waals surface area contributed by atoms with Crippen LogP contribution < -0.4 is 19.8 Å². The number of furan rings is 1. The molecule has 3 heterocycles. The van der Waals surface area contributed by atoms with Gasteiger partial charge in [0.25, 0.3) is 11.2 Å². The molecule has 1 aliphatic heterocycles. The molecule has 0 saturated carbocycles. The molecule has 0 bridgehead atoms. The molecule has 4 aromatic rings. The summed E-state index contributed by atoms with van der Waals surface area (Å²) in [4.78, 5) is 44.4. The number of para-hydroxylation sites is 1. The van der Waals surface area contributed by atoms with Gasteiger partial charge in [-0.3, -0.25) is 24.3 Å². The number of thiazole rings is 1. The molecule has 0 fully saturated rings. The summed E-state index contributed by atoms with van der Waals surface area (Å²) in [7, 11) is 3.89. The fraction of sp³-hybridized carbons (Fsp3) is 0.179. The zero-order valence-electron chi connectivity index (χ0n) is 21.2. The quantitative estimate of drug-likeness (QED) is 0.276. The van der Waals surface area contributed by atoms with E-state index in [1.54, 1.807) is 47.9 Å². The summed E-state index contributed by atoms with van der Waals surface area (Å²) in [6.45, 7) is 3.26. The molecule has 0 aliphatic carbocycles. The van der Waals surface area contributed by atoms with Crippen molar-refractivity contribution in [3.63, 3.8) is 0 Å². The fourth-order valence-corrected chi connectivity index (χ4v) is 5.61. The predicted octanol–water partition coefficient (Wildman–Crippen LogP) is 4.06. The van der Waals surface area contributed by atoms with E-state index in [9.17, 15) is 19.7 Å². The van der Waals surface area contributed by atoms with Crippen molar-refractivity contribution in [1.29, 1.82) is 0 Å². The third kappa shape index (κ3) is 4.39. The molecular formula is C28H24N4O5S. The number of nitro groups is 1. The Morgan fingerprint density at radius 2 is 1.84 bits per heavy atom. The highest BCUT2D eigenvalue weighted by Gasteiger charge is 2.30. The van der Waals surface area contributed by atoms with Crippen molar-refractivity contribution in [3.05, 3.63) is 113 Å². The van der Waals surface area contributed by atoms with Crippen molar-refractivity contribution in [3.8, 4) is 11.3 Å².